The Morgan fingerprint density at radius 1 is 1.06 bits per heavy atom. The zero-order valence-electron chi connectivity index (χ0n) is 17.6. The van der Waals surface area contributed by atoms with Crippen molar-refractivity contribution in [3.63, 3.8) is 0 Å². The Labute approximate surface area is 180 Å². The first-order valence-electron chi connectivity index (χ1n) is 10.4. The van der Waals surface area contributed by atoms with Crippen LogP contribution < -0.4 is 5.32 Å². The zero-order chi connectivity index (χ0) is 21.2. The molecule has 6 heteroatoms. The SMILES string of the molecule is Cc1ccc(-c2nc(CCNCc3cn(C)nc3-c3cc4ccccc4o3)co2)cc1. The molecule has 0 spiro atoms. The van der Waals surface area contributed by atoms with E-state index in [-0.39, 0.29) is 0 Å². The molecule has 0 bridgehead atoms. The number of rotatable bonds is 7. The molecule has 3 aromatic heterocycles. The Kier molecular flexibility index (Phi) is 5.14. The van der Waals surface area contributed by atoms with Crippen LogP contribution in [0, 0.1) is 6.92 Å². The van der Waals surface area contributed by atoms with Crippen molar-refractivity contribution in [2.24, 2.45) is 7.05 Å². The average molecular weight is 412 g/mol. The first kappa shape index (κ1) is 19.3. The van der Waals surface area contributed by atoms with E-state index in [0.29, 0.717) is 12.4 Å². The first-order chi connectivity index (χ1) is 15.2. The minimum atomic E-state index is 0.662. The Bertz CT molecular complexity index is 1280. The first-order valence-corrected chi connectivity index (χ1v) is 10.4. The molecule has 31 heavy (non-hydrogen) atoms. The summed E-state index contributed by atoms with van der Waals surface area (Å²) in [5, 5.41) is 9.18. The standard InChI is InChI=1S/C25H24N4O2/c1-17-7-9-18(10-8-17)25-27-21(16-30-25)11-12-26-14-20-15-29(2)28-24(20)23-13-19-5-3-4-6-22(19)31-23/h3-10,13,15-16,26H,11-12,14H2,1-2H3. The summed E-state index contributed by atoms with van der Waals surface area (Å²) in [4.78, 5) is 4.61. The Hall–Kier alpha value is -3.64. The number of para-hydroxylation sites is 1. The molecule has 156 valence electrons. The van der Waals surface area contributed by atoms with Crippen LogP contribution in [-0.4, -0.2) is 21.3 Å². The molecule has 5 rings (SSSR count). The van der Waals surface area contributed by atoms with Gasteiger partial charge in [-0.2, -0.15) is 5.10 Å². The minimum Gasteiger partial charge on any atom is -0.454 e. The molecule has 0 fully saturated rings. The van der Waals surface area contributed by atoms with E-state index in [9.17, 15) is 0 Å². The van der Waals surface area contributed by atoms with Gasteiger partial charge in [-0.3, -0.25) is 4.68 Å². The maximum absolute atomic E-state index is 6.01. The van der Waals surface area contributed by atoms with Crippen molar-refractivity contribution in [1.29, 1.82) is 0 Å². The molecule has 3 heterocycles. The number of aryl methyl sites for hydroxylation is 2. The summed E-state index contributed by atoms with van der Waals surface area (Å²) in [5.41, 5.74) is 5.99. The fourth-order valence-electron chi connectivity index (χ4n) is 3.66. The number of nitrogens with one attached hydrogen (secondary N) is 1. The van der Waals surface area contributed by atoms with Crippen LogP contribution in [0.5, 0.6) is 0 Å². The molecular formula is C25H24N4O2. The van der Waals surface area contributed by atoms with Gasteiger partial charge in [0.1, 0.15) is 17.5 Å². The van der Waals surface area contributed by atoms with Crippen LogP contribution in [0.25, 0.3) is 33.9 Å². The van der Waals surface area contributed by atoms with E-state index in [1.165, 1.54) is 5.56 Å². The highest BCUT2D eigenvalue weighted by Gasteiger charge is 2.15. The molecule has 0 saturated carbocycles. The second kappa shape index (κ2) is 8.24. The van der Waals surface area contributed by atoms with Crippen LogP contribution in [0.4, 0.5) is 0 Å². The summed E-state index contributed by atoms with van der Waals surface area (Å²) in [6, 6.07) is 18.2. The summed E-state index contributed by atoms with van der Waals surface area (Å²) >= 11 is 0. The number of benzene rings is 2. The van der Waals surface area contributed by atoms with Gasteiger partial charge in [0.05, 0.1) is 5.69 Å². The predicted molar refractivity (Wildman–Crippen MR) is 121 cm³/mol. The van der Waals surface area contributed by atoms with Gasteiger partial charge in [-0.1, -0.05) is 35.9 Å². The lowest BCUT2D eigenvalue weighted by Crippen LogP contribution is -2.17. The maximum atomic E-state index is 6.01. The molecule has 0 aliphatic rings. The average Bonchev–Trinajstić information content (AvgIpc) is 3.49. The van der Waals surface area contributed by atoms with Crippen LogP contribution in [0.3, 0.4) is 0 Å². The van der Waals surface area contributed by atoms with Gasteiger partial charge in [0.2, 0.25) is 5.89 Å². The summed E-state index contributed by atoms with van der Waals surface area (Å²) in [5.74, 6) is 1.45. The Morgan fingerprint density at radius 2 is 1.90 bits per heavy atom. The minimum absolute atomic E-state index is 0.662. The van der Waals surface area contributed by atoms with Crippen molar-refractivity contribution < 1.29 is 8.83 Å². The van der Waals surface area contributed by atoms with E-state index in [2.05, 4.69) is 34.5 Å². The van der Waals surface area contributed by atoms with Crippen molar-refractivity contribution >= 4 is 11.0 Å². The fraction of sp³-hybridized carbons (Fsp3) is 0.200. The van der Waals surface area contributed by atoms with Gasteiger partial charge < -0.3 is 14.2 Å². The number of fused-ring (bicyclic) bond motifs is 1. The van der Waals surface area contributed by atoms with Gasteiger partial charge in [0.15, 0.2) is 5.76 Å². The van der Waals surface area contributed by atoms with E-state index >= 15 is 0 Å². The van der Waals surface area contributed by atoms with Gasteiger partial charge in [0, 0.05) is 49.3 Å². The van der Waals surface area contributed by atoms with Gasteiger partial charge in [-0.25, -0.2) is 4.98 Å². The number of aromatic nitrogens is 3. The molecule has 0 radical (unpaired) electrons. The molecular weight excluding hydrogens is 388 g/mol. The second-order valence-electron chi connectivity index (χ2n) is 7.76. The maximum Gasteiger partial charge on any atom is 0.226 e. The third kappa shape index (κ3) is 4.15. The van der Waals surface area contributed by atoms with E-state index in [4.69, 9.17) is 8.83 Å². The number of oxazole rings is 1. The van der Waals surface area contributed by atoms with Gasteiger partial charge in [0.25, 0.3) is 0 Å². The molecule has 0 aliphatic carbocycles. The summed E-state index contributed by atoms with van der Waals surface area (Å²) in [6.45, 7) is 3.55. The molecule has 0 atom stereocenters. The molecule has 0 amide bonds. The topological polar surface area (TPSA) is 69.0 Å². The number of furan rings is 1. The van der Waals surface area contributed by atoms with E-state index < -0.39 is 0 Å². The van der Waals surface area contributed by atoms with Gasteiger partial charge in [-0.05, 0) is 31.2 Å². The van der Waals surface area contributed by atoms with Crippen molar-refractivity contribution in [1.82, 2.24) is 20.1 Å². The second-order valence-corrected chi connectivity index (χ2v) is 7.76. The molecule has 0 aliphatic heterocycles. The van der Waals surface area contributed by atoms with Crippen molar-refractivity contribution in [3.8, 4) is 22.9 Å². The molecule has 0 unspecified atom stereocenters. The lowest BCUT2D eigenvalue weighted by molar-refractivity contribution is 0.571. The summed E-state index contributed by atoms with van der Waals surface area (Å²) in [7, 11) is 1.93. The highest BCUT2D eigenvalue weighted by Crippen LogP contribution is 2.29. The Morgan fingerprint density at radius 3 is 2.74 bits per heavy atom. The number of nitrogens with zero attached hydrogens (tertiary/aromatic N) is 3. The number of hydrogen-bond donors (Lipinski definition) is 1. The highest BCUT2D eigenvalue weighted by molar-refractivity contribution is 5.82. The molecule has 5 aromatic rings. The summed E-state index contributed by atoms with van der Waals surface area (Å²) in [6.07, 6.45) is 4.55. The lowest BCUT2D eigenvalue weighted by atomic mass is 10.1. The Balaban J connectivity index is 1.22. The van der Waals surface area contributed by atoms with Gasteiger partial charge in [-0.15, -0.1) is 0 Å². The zero-order valence-corrected chi connectivity index (χ0v) is 17.6. The van der Waals surface area contributed by atoms with Crippen molar-refractivity contribution in [3.05, 3.63) is 83.9 Å². The van der Waals surface area contributed by atoms with Crippen molar-refractivity contribution in [2.75, 3.05) is 6.54 Å². The van der Waals surface area contributed by atoms with Crippen LogP contribution in [0.2, 0.25) is 0 Å². The highest BCUT2D eigenvalue weighted by atomic mass is 16.3. The molecule has 1 N–H and O–H groups in total. The molecule has 6 nitrogen and oxygen atoms in total. The summed E-state index contributed by atoms with van der Waals surface area (Å²) < 4.78 is 13.5. The fourth-order valence-corrected chi connectivity index (χ4v) is 3.66. The van der Waals surface area contributed by atoms with Gasteiger partial charge >= 0.3 is 0 Å². The number of hydrogen-bond acceptors (Lipinski definition) is 5. The smallest absolute Gasteiger partial charge is 0.226 e. The van der Waals surface area contributed by atoms with Crippen LogP contribution in [0.1, 0.15) is 16.8 Å². The van der Waals surface area contributed by atoms with Crippen molar-refractivity contribution in [2.45, 2.75) is 19.9 Å². The van der Waals surface area contributed by atoms with Crippen LogP contribution in [0.15, 0.2) is 75.9 Å². The third-order valence-corrected chi connectivity index (χ3v) is 5.29. The van der Waals surface area contributed by atoms with Crippen LogP contribution >= 0.6 is 0 Å². The van der Waals surface area contributed by atoms with Crippen LogP contribution in [-0.2, 0) is 20.0 Å². The van der Waals surface area contributed by atoms with E-state index in [1.54, 1.807) is 6.26 Å². The monoisotopic (exact) mass is 412 g/mol. The predicted octanol–water partition coefficient (Wildman–Crippen LogP) is 5.13. The normalized spacial score (nSPS) is 11.4. The third-order valence-electron chi connectivity index (χ3n) is 5.29. The van der Waals surface area contributed by atoms with E-state index in [1.807, 2.05) is 60.4 Å². The molecule has 2 aromatic carbocycles. The molecule has 0 saturated heterocycles. The van der Waals surface area contributed by atoms with E-state index in [0.717, 1.165) is 52.2 Å². The quantitative estimate of drug-likeness (QED) is 0.375. The lowest BCUT2D eigenvalue weighted by Gasteiger charge is -2.03. The largest absolute Gasteiger partial charge is 0.454 e.